The number of pyridine rings is 1. The standard InChI is InChI=1S/C35H39F6N3O5S/c1-2-8-27-33(49-24-21-28(50-22-24)35(39,40)41,13-7-17-44(27)30(46)29-26(34(36,37)38)12-5-16-42-29)31(47)43-18-14-32(48,15-19-43)25-11-4-3-9-23(25)10-6-20-45/h3-5,9,11-12,16,21-22,27,45,48H,2,6-8,10,13-15,17-20H2,1H3/t27-,33+/m1/s1. The molecule has 0 saturated carbocycles. The molecule has 2 N–H and O–H groups in total. The first-order valence-corrected chi connectivity index (χ1v) is 17.4. The Kier molecular flexibility index (Phi) is 11.2. The molecule has 0 aliphatic carbocycles. The number of nitrogens with zero attached hydrogens (tertiary/aromatic N) is 3. The minimum Gasteiger partial charge on any atom is -0.474 e. The smallest absolute Gasteiger partial charge is 0.425 e. The number of hydrogen-bond donors (Lipinski definition) is 2. The highest BCUT2D eigenvalue weighted by Gasteiger charge is 2.56. The van der Waals surface area contributed by atoms with Gasteiger partial charge < -0.3 is 24.7 Å². The number of amides is 2. The quantitative estimate of drug-likeness (QED) is 0.222. The minimum atomic E-state index is -4.90. The summed E-state index contributed by atoms with van der Waals surface area (Å²) in [6, 6.07) is 8.73. The van der Waals surface area contributed by atoms with Crippen LogP contribution in [-0.4, -0.2) is 74.7 Å². The van der Waals surface area contributed by atoms with Crippen LogP contribution in [0.15, 0.2) is 54.0 Å². The lowest BCUT2D eigenvalue weighted by Crippen LogP contribution is -2.68. The lowest BCUT2D eigenvalue weighted by atomic mass is 9.78. The average Bonchev–Trinajstić information content (AvgIpc) is 3.57. The number of piperidine rings is 2. The zero-order valence-corrected chi connectivity index (χ0v) is 28.2. The molecule has 2 amide bonds. The van der Waals surface area contributed by atoms with E-state index in [1.54, 1.807) is 19.1 Å². The van der Waals surface area contributed by atoms with Gasteiger partial charge in [0, 0.05) is 50.3 Å². The molecule has 2 saturated heterocycles. The van der Waals surface area contributed by atoms with Crippen molar-refractivity contribution >= 4 is 23.2 Å². The van der Waals surface area contributed by atoms with Gasteiger partial charge in [-0.3, -0.25) is 14.6 Å². The summed E-state index contributed by atoms with van der Waals surface area (Å²) in [6.07, 6.45) is -6.70. The molecule has 1 aromatic carbocycles. The summed E-state index contributed by atoms with van der Waals surface area (Å²) in [5.74, 6) is -1.93. The van der Waals surface area contributed by atoms with E-state index in [1.807, 2.05) is 12.1 Å². The van der Waals surface area contributed by atoms with E-state index in [0.717, 1.165) is 40.2 Å². The number of hydrogen-bond acceptors (Lipinski definition) is 7. The molecule has 272 valence electrons. The summed E-state index contributed by atoms with van der Waals surface area (Å²) in [5.41, 5.74) is -3.81. The molecule has 2 aliphatic heterocycles. The van der Waals surface area contributed by atoms with E-state index in [-0.39, 0.29) is 64.1 Å². The average molecular weight is 728 g/mol. The molecule has 3 aromatic rings. The number of aliphatic hydroxyl groups excluding tert-OH is 1. The van der Waals surface area contributed by atoms with Crippen molar-refractivity contribution in [3.63, 3.8) is 0 Å². The van der Waals surface area contributed by atoms with E-state index in [1.165, 1.54) is 4.90 Å². The molecular formula is C35H39F6N3O5S. The first-order chi connectivity index (χ1) is 23.6. The van der Waals surface area contributed by atoms with Crippen molar-refractivity contribution in [3.05, 3.63) is 81.3 Å². The van der Waals surface area contributed by atoms with E-state index in [4.69, 9.17) is 4.74 Å². The molecule has 2 fully saturated rings. The summed E-state index contributed by atoms with van der Waals surface area (Å²) >= 11 is 0.379. The highest BCUT2D eigenvalue weighted by Crippen LogP contribution is 2.44. The number of carbonyl (C=O) groups excluding carboxylic acids is 2. The van der Waals surface area contributed by atoms with Crippen molar-refractivity contribution in [1.82, 2.24) is 14.8 Å². The second-order valence-corrected chi connectivity index (χ2v) is 13.7. The van der Waals surface area contributed by atoms with Gasteiger partial charge in [-0.1, -0.05) is 37.6 Å². The highest BCUT2D eigenvalue weighted by molar-refractivity contribution is 7.10. The first-order valence-electron chi connectivity index (χ1n) is 16.5. The molecule has 5 rings (SSSR count). The van der Waals surface area contributed by atoms with Crippen LogP contribution in [0.4, 0.5) is 26.3 Å². The number of aryl methyl sites for hydroxylation is 1. The zero-order chi connectivity index (χ0) is 36.3. The molecule has 0 bridgehead atoms. The van der Waals surface area contributed by atoms with Gasteiger partial charge in [-0.2, -0.15) is 26.3 Å². The normalized spacial score (nSPS) is 21.3. The third-order valence-corrected chi connectivity index (χ3v) is 10.5. The van der Waals surface area contributed by atoms with Crippen LogP contribution in [0.1, 0.15) is 83.9 Å². The van der Waals surface area contributed by atoms with Crippen LogP contribution in [-0.2, 0) is 29.2 Å². The molecule has 0 spiro atoms. The van der Waals surface area contributed by atoms with E-state index in [2.05, 4.69) is 4.98 Å². The van der Waals surface area contributed by atoms with E-state index in [9.17, 15) is 46.1 Å². The van der Waals surface area contributed by atoms with Crippen molar-refractivity contribution in [3.8, 4) is 5.75 Å². The second-order valence-electron chi connectivity index (χ2n) is 12.7. The molecule has 2 aromatic heterocycles. The molecular weight excluding hydrogens is 688 g/mol. The van der Waals surface area contributed by atoms with Crippen molar-refractivity contribution in [2.24, 2.45) is 0 Å². The predicted octanol–water partition coefficient (Wildman–Crippen LogP) is 6.84. The Labute approximate surface area is 289 Å². The summed E-state index contributed by atoms with van der Waals surface area (Å²) in [7, 11) is 0. The summed E-state index contributed by atoms with van der Waals surface area (Å²) in [4.78, 5) is 34.2. The molecule has 2 atom stereocenters. The largest absolute Gasteiger partial charge is 0.474 e. The summed E-state index contributed by atoms with van der Waals surface area (Å²) in [5, 5.41) is 22.3. The number of rotatable bonds is 10. The third-order valence-electron chi connectivity index (χ3n) is 9.52. The Bertz CT molecular complexity index is 1660. The van der Waals surface area contributed by atoms with Crippen LogP contribution in [0.2, 0.25) is 0 Å². The van der Waals surface area contributed by atoms with Crippen molar-refractivity contribution in [1.29, 1.82) is 0 Å². The number of ether oxygens (including phenoxy) is 1. The maximum atomic E-state index is 14.8. The van der Waals surface area contributed by atoms with Crippen LogP contribution < -0.4 is 4.74 Å². The van der Waals surface area contributed by atoms with Gasteiger partial charge in [0.25, 0.3) is 11.8 Å². The van der Waals surface area contributed by atoms with Gasteiger partial charge in [0.2, 0.25) is 5.60 Å². The van der Waals surface area contributed by atoms with E-state index >= 15 is 0 Å². The minimum absolute atomic E-state index is 0.0173. The maximum absolute atomic E-state index is 14.8. The Morgan fingerprint density at radius 3 is 2.38 bits per heavy atom. The molecule has 50 heavy (non-hydrogen) atoms. The van der Waals surface area contributed by atoms with Crippen LogP contribution in [0.25, 0.3) is 0 Å². The lowest BCUT2D eigenvalue weighted by Gasteiger charge is -2.51. The first kappa shape index (κ1) is 37.6. The fraction of sp³-hybridized carbons (Fsp3) is 0.514. The Morgan fingerprint density at radius 2 is 1.74 bits per heavy atom. The topological polar surface area (TPSA) is 103 Å². The summed E-state index contributed by atoms with van der Waals surface area (Å²) < 4.78 is 89.1. The number of thiophene rings is 1. The van der Waals surface area contributed by atoms with E-state index < -0.39 is 57.5 Å². The Hall–Kier alpha value is -3.69. The van der Waals surface area contributed by atoms with Crippen LogP contribution in [0.5, 0.6) is 5.75 Å². The number of likely N-dealkylation sites (tertiary alicyclic amines) is 2. The number of halogens is 6. The lowest BCUT2D eigenvalue weighted by molar-refractivity contribution is -0.163. The molecule has 0 radical (unpaired) electrons. The maximum Gasteiger partial charge on any atom is 0.425 e. The van der Waals surface area contributed by atoms with Gasteiger partial charge >= 0.3 is 12.4 Å². The molecule has 15 heteroatoms. The Morgan fingerprint density at radius 1 is 1.02 bits per heavy atom. The number of aromatic nitrogens is 1. The summed E-state index contributed by atoms with van der Waals surface area (Å²) in [6.45, 7) is 1.78. The van der Waals surface area contributed by atoms with Gasteiger partial charge in [-0.15, -0.1) is 11.3 Å². The monoisotopic (exact) mass is 727 g/mol. The van der Waals surface area contributed by atoms with Gasteiger partial charge in [-0.05, 0) is 61.8 Å². The molecule has 4 heterocycles. The van der Waals surface area contributed by atoms with Gasteiger partial charge in [-0.25, -0.2) is 0 Å². The number of alkyl halides is 6. The van der Waals surface area contributed by atoms with Crippen LogP contribution >= 0.6 is 11.3 Å². The predicted molar refractivity (Wildman–Crippen MR) is 172 cm³/mol. The van der Waals surface area contributed by atoms with Crippen molar-refractivity contribution < 1.29 is 50.9 Å². The fourth-order valence-electron chi connectivity index (χ4n) is 7.15. The number of carbonyl (C=O) groups is 2. The molecule has 2 aliphatic rings. The number of benzene rings is 1. The van der Waals surface area contributed by atoms with E-state index in [0.29, 0.717) is 36.2 Å². The highest BCUT2D eigenvalue weighted by atomic mass is 32.1. The van der Waals surface area contributed by atoms with Gasteiger partial charge in [0.05, 0.1) is 17.2 Å². The van der Waals surface area contributed by atoms with Gasteiger partial charge in [0.15, 0.2) is 0 Å². The van der Waals surface area contributed by atoms with Crippen molar-refractivity contribution in [2.75, 3.05) is 26.2 Å². The van der Waals surface area contributed by atoms with Crippen LogP contribution in [0.3, 0.4) is 0 Å². The third kappa shape index (κ3) is 7.64. The second kappa shape index (κ2) is 14.9. The SMILES string of the molecule is CCC[C@H]1N(C(=O)c2ncccc2C(F)(F)F)CCC[C@@]1(Oc1csc(C(F)(F)F)c1)C(=O)N1CCC(O)(c2ccccc2CCCO)CC1. The zero-order valence-electron chi connectivity index (χ0n) is 27.4. The molecule has 0 unspecified atom stereocenters. The van der Waals surface area contributed by atoms with Gasteiger partial charge in [0.1, 0.15) is 16.3 Å². The van der Waals surface area contributed by atoms with Crippen molar-refractivity contribution in [2.45, 2.75) is 87.9 Å². The molecule has 8 nitrogen and oxygen atoms in total. The van der Waals surface area contributed by atoms with Crippen LogP contribution in [0, 0.1) is 0 Å². The Balaban J connectivity index is 1.52. The number of aliphatic hydroxyl groups is 2. The fourth-order valence-corrected chi connectivity index (χ4v) is 7.83.